The van der Waals surface area contributed by atoms with Gasteiger partial charge >= 0.3 is 0 Å². The van der Waals surface area contributed by atoms with Crippen LogP contribution in [0.4, 0.5) is 0 Å². The molecule has 3 N–H and O–H groups in total. The van der Waals surface area contributed by atoms with E-state index in [4.69, 9.17) is 10.2 Å². The summed E-state index contributed by atoms with van der Waals surface area (Å²) in [7, 11) is -0.0702. The number of hydrogen-bond acceptors (Lipinski definition) is 8. The number of carbonyl (C=O) groups excluding carboxylic acids is 1. The molecule has 0 saturated carbocycles. The van der Waals surface area contributed by atoms with Crippen LogP contribution in [0, 0.1) is 0 Å². The third kappa shape index (κ3) is 5.32. The largest absolute Gasteiger partial charge is 0.464 e. The molecule has 10 heteroatoms. The molecule has 0 unspecified atom stereocenters. The smallest absolute Gasteiger partial charge is 0.269 e. The first-order valence-corrected chi connectivity index (χ1v) is 11.9. The fourth-order valence-electron chi connectivity index (χ4n) is 2.86. The molecule has 2 aromatic rings. The molecule has 0 amide bonds. The van der Waals surface area contributed by atoms with E-state index < -0.39 is 20.7 Å². The van der Waals surface area contributed by atoms with E-state index in [0.29, 0.717) is 18.1 Å². The Morgan fingerprint density at radius 1 is 1.17 bits per heavy atom. The maximum atomic E-state index is 12.6. The molecule has 30 heavy (non-hydrogen) atoms. The highest BCUT2D eigenvalue weighted by atomic mass is 32.2. The van der Waals surface area contributed by atoms with Gasteiger partial charge in [-0.2, -0.15) is 11.8 Å². The van der Waals surface area contributed by atoms with Crippen LogP contribution in [0.5, 0.6) is 0 Å². The number of allylic oxidation sites excluding steroid dienone is 1. The lowest BCUT2D eigenvalue weighted by atomic mass is 10.1. The molecule has 0 bridgehead atoms. The average molecular weight is 449 g/mol. The zero-order valence-electron chi connectivity index (χ0n) is 16.8. The van der Waals surface area contributed by atoms with Crippen molar-refractivity contribution in [1.82, 2.24) is 9.62 Å². The predicted octanol–water partition coefficient (Wildman–Crippen LogP) is 1.96. The molecule has 0 aliphatic carbocycles. The lowest BCUT2D eigenvalue weighted by molar-refractivity contribution is 0.104. The first-order chi connectivity index (χ1) is 14.3. The molecule has 160 valence electrons. The van der Waals surface area contributed by atoms with Crippen LogP contribution >= 0.6 is 11.8 Å². The first kappa shape index (κ1) is 22.1. The van der Waals surface area contributed by atoms with Crippen molar-refractivity contribution in [3.05, 3.63) is 70.2 Å². The second kappa shape index (κ2) is 9.50. The Morgan fingerprint density at radius 2 is 1.87 bits per heavy atom. The van der Waals surface area contributed by atoms with Gasteiger partial charge < -0.3 is 15.1 Å². The zero-order valence-corrected chi connectivity index (χ0v) is 18.4. The Kier molecular flexibility index (Phi) is 7.01. The number of rotatable bonds is 9. The second-order valence-corrected chi connectivity index (χ2v) is 9.66. The molecular formula is C20H24N4O4S2. The van der Waals surface area contributed by atoms with Gasteiger partial charge in [-0.25, -0.2) is 8.42 Å². The third-order valence-corrected chi connectivity index (χ3v) is 6.55. The van der Waals surface area contributed by atoms with Gasteiger partial charge in [-0.1, -0.05) is 30.3 Å². The molecule has 0 spiro atoms. The molecule has 1 aromatic carbocycles. The van der Waals surface area contributed by atoms with E-state index in [1.807, 2.05) is 31.1 Å². The number of carbonyl (C=O) groups is 1. The first-order valence-electron chi connectivity index (χ1n) is 9.25. The number of nitrogens with zero attached hydrogens (tertiary/aromatic N) is 2. The summed E-state index contributed by atoms with van der Waals surface area (Å²) in [6.45, 7) is 1.09. The van der Waals surface area contributed by atoms with Crippen LogP contribution in [0.3, 0.4) is 0 Å². The summed E-state index contributed by atoms with van der Waals surface area (Å²) in [4.78, 5) is 18.4. The number of nitrogens with two attached hydrogens (primary N) is 1. The second-order valence-electron chi connectivity index (χ2n) is 6.93. The summed E-state index contributed by atoms with van der Waals surface area (Å²) in [6, 6.07) is 12.1. The molecule has 0 saturated heterocycles. The SMILES string of the molecule is CN(C)Cc1ccc(CSCCN=C2NS(=O)(=O)C(C(=O)c3ccccc3)=C2N)o1. The van der Waals surface area contributed by atoms with Crippen LogP contribution in [0.2, 0.25) is 0 Å². The minimum absolute atomic E-state index is 0.0150. The van der Waals surface area contributed by atoms with Crippen LogP contribution in [0.1, 0.15) is 21.9 Å². The van der Waals surface area contributed by atoms with Gasteiger partial charge in [0, 0.05) is 11.3 Å². The van der Waals surface area contributed by atoms with Crippen molar-refractivity contribution in [3.63, 3.8) is 0 Å². The van der Waals surface area contributed by atoms with Crippen molar-refractivity contribution in [2.45, 2.75) is 12.3 Å². The summed E-state index contributed by atoms with van der Waals surface area (Å²) in [5.41, 5.74) is 6.06. The van der Waals surface area contributed by atoms with Crippen LogP contribution in [0.25, 0.3) is 0 Å². The van der Waals surface area contributed by atoms with Crippen LogP contribution in [-0.2, 0) is 22.3 Å². The summed E-state index contributed by atoms with van der Waals surface area (Å²) in [6.07, 6.45) is 0. The Labute approximate surface area is 180 Å². The summed E-state index contributed by atoms with van der Waals surface area (Å²) < 4.78 is 32.8. The standard InChI is InChI=1S/C20H24N4O4S2/c1-24(2)12-15-8-9-16(28-15)13-29-11-10-22-20-17(21)19(30(26,27)23-20)18(25)14-6-4-3-5-7-14/h3-9H,10-13,21H2,1-2H3,(H,22,23). The lowest BCUT2D eigenvalue weighted by Crippen LogP contribution is -2.26. The van der Waals surface area contributed by atoms with Crippen LogP contribution < -0.4 is 10.5 Å². The third-order valence-electron chi connectivity index (χ3n) is 4.18. The zero-order chi connectivity index (χ0) is 21.7. The van der Waals surface area contributed by atoms with Gasteiger partial charge in [-0.15, -0.1) is 0 Å². The Bertz CT molecular complexity index is 1070. The van der Waals surface area contributed by atoms with E-state index >= 15 is 0 Å². The van der Waals surface area contributed by atoms with E-state index in [-0.39, 0.29) is 17.1 Å². The minimum atomic E-state index is -4.03. The molecule has 2 heterocycles. The molecule has 0 atom stereocenters. The van der Waals surface area contributed by atoms with E-state index in [9.17, 15) is 13.2 Å². The molecule has 3 rings (SSSR count). The molecule has 0 radical (unpaired) electrons. The summed E-state index contributed by atoms with van der Waals surface area (Å²) in [5.74, 6) is 2.48. The Morgan fingerprint density at radius 3 is 2.57 bits per heavy atom. The number of benzene rings is 1. The van der Waals surface area contributed by atoms with Gasteiger partial charge in [-0.3, -0.25) is 14.5 Å². The molecule has 0 fully saturated rings. The van der Waals surface area contributed by atoms with E-state index in [1.54, 1.807) is 42.1 Å². The van der Waals surface area contributed by atoms with Crippen molar-refractivity contribution >= 4 is 33.4 Å². The summed E-state index contributed by atoms with van der Waals surface area (Å²) in [5, 5.41) is 0. The molecule has 8 nitrogen and oxygen atoms in total. The van der Waals surface area contributed by atoms with Crippen molar-refractivity contribution in [2.24, 2.45) is 10.7 Å². The van der Waals surface area contributed by atoms with E-state index in [1.165, 1.54) is 0 Å². The minimum Gasteiger partial charge on any atom is -0.464 e. The Hall–Kier alpha value is -2.56. The lowest BCUT2D eigenvalue weighted by Gasteiger charge is -2.05. The summed E-state index contributed by atoms with van der Waals surface area (Å²) >= 11 is 1.61. The van der Waals surface area contributed by atoms with Gasteiger partial charge in [0.2, 0.25) is 5.78 Å². The quantitative estimate of drug-likeness (QED) is 0.445. The maximum absolute atomic E-state index is 12.6. The number of hydrogen-bond donors (Lipinski definition) is 2. The number of Topliss-reactive ketones (excluding diaryl/α,β-unsaturated/α-hetero) is 1. The number of thioether (sulfide) groups is 1. The number of aliphatic imine (C=N–C) groups is 1. The van der Waals surface area contributed by atoms with Crippen LogP contribution in [-0.4, -0.2) is 51.3 Å². The number of furan rings is 1. The monoisotopic (exact) mass is 448 g/mol. The average Bonchev–Trinajstić information content (AvgIpc) is 3.22. The van der Waals surface area contributed by atoms with Gasteiger partial charge in [-0.05, 0) is 26.2 Å². The number of amidine groups is 1. The molecule has 1 aliphatic heterocycles. The topological polar surface area (TPSA) is 118 Å². The fraction of sp³-hybridized carbons (Fsp3) is 0.300. The van der Waals surface area contributed by atoms with Gasteiger partial charge in [0.05, 0.1) is 18.8 Å². The van der Waals surface area contributed by atoms with Gasteiger partial charge in [0.1, 0.15) is 17.2 Å². The number of sulfonamides is 1. The highest BCUT2D eigenvalue weighted by Gasteiger charge is 2.37. The van der Waals surface area contributed by atoms with Gasteiger partial charge in [0.25, 0.3) is 10.0 Å². The van der Waals surface area contributed by atoms with Crippen molar-refractivity contribution in [1.29, 1.82) is 0 Å². The molecular weight excluding hydrogens is 424 g/mol. The van der Waals surface area contributed by atoms with E-state index in [0.717, 1.165) is 18.1 Å². The fourth-order valence-corrected chi connectivity index (χ4v) is 4.86. The molecule has 1 aromatic heterocycles. The van der Waals surface area contributed by atoms with Crippen molar-refractivity contribution in [3.8, 4) is 0 Å². The Balaban J connectivity index is 1.59. The highest BCUT2D eigenvalue weighted by molar-refractivity contribution is 7.98. The van der Waals surface area contributed by atoms with E-state index in [2.05, 4.69) is 9.71 Å². The van der Waals surface area contributed by atoms with Crippen molar-refractivity contribution < 1.29 is 17.6 Å². The highest BCUT2D eigenvalue weighted by Crippen LogP contribution is 2.22. The van der Waals surface area contributed by atoms with Crippen LogP contribution in [0.15, 0.2) is 62.5 Å². The van der Waals surface area contributed by atoms with Crippen molar-refractivity contribution in [2.75, 3.05) is 26.4 Å². The number of nitrogens with one attached hydrogen (secondary N) is 1. The molecule has 1 aliphatic rings. The van der Waals surface area contributed by atoms with Gasteiger partial charge in [0.15, 0.2) is 10.7 Å². The maximum Gasteiger partial charge on any atom is 0.269 e. The normalized spacial score (nSPS) is 17.0. The predicted molar refractivity (Wildman–Crippen MR) is 119 cm³/mol. The number of ketones is 1.